The van der Waals surface area contributed by atoms with Gasteiger partial charge in [0.05, 0.1) is 10.5 Å². The van der Waals surface area contributed by atoms with Crippen molar-refractivity contribution in [1.29, 1.82) is 0 Å². The third-order valence-electron chi connectivity index (χ3n) is 3.80. The molecule has 132 valence electrons. The normalized spacial score (nSPS) is 11.6. The van der Waals surface area contributed by atoms with E-state index in [9.17, 15) is 4.79 Å². The summed E-state index contributed by atoms with van der Waals surface area (Å²) in [7, 11) is 0. The van der Waals surface area contributed by atoms with E-state index in [1.807, 2.05) is 67.6 Å². The molecule has 0 bridgehead atoms. The number of halogens is 1. The van der Waals surface area contributed by atoms with Crippen LogP contribution in [-0.4, -0.2) is 20.7 Å². The lowest BCUT2D eigenvalue weighted by Crippen LogP contribution is -2.21. The molecular formula is C20H19BrN4O. The highest BCUT2D eigenvalue weighted by atomic mass is 79.9. The summed E-state index contributed by atoms with van der Waals surface area (Å²) in [6.45, 7) is 1.96. The number of carbonyl (C=O) groups is 1. The first kappa shape index (κ1) is 18.1. The van der Waals surface area contributed by atoms with Gasteiger partial charge in [0.25, 0.3) is 0 Å². The Morgan fingerprint density at radius 2 is 1.73 bits per heavy atom. The summed E-state index contributed by atoms with van der Waals surface area (Å²) in [5, 5.41) is 6.13. The van der Waals surface area contributed by atoms with Crippen LogP contribution in [0, 0.1) is 0 Å². The van der Waals surface area contributed by atoms with Gasteiger partial charge in [0.15, 0.2) is 0 Å². The van der Waals surface area contributed by atoms with Crippen LogP contribution in [-0.2, 0) is 4.79 Å². The van der Waals surface area contributed by atoms with E-state index in [-0.39, 0.29) is 10.7 Å². The number of carbonyl (C=O) groups excluding carboxylic acids is 1. The second kappa shape index (κ2) is 8.58. The lowest BCUT2D eigenvalue weighted by Gasteiger charge is -2.10. The zero-order valence-electron chi connectivity index (χ0n) is 14.3. The van der Waals surface area contributed by atoms with Crippen LogP contribution in [0.5, 0.6) is 0 Å². The van der Waals surface area contributed by atoms with E-state index in [0.29, 0.717) is 5.82 Å². The lowest BCUT2D eigenvalue weighted by molar-refractivity contribution is -0.115. The molecule has 2 aromatic carbocycles. The van der Waals surface area contributed by atoms with Crippen molar-refractivity contribution in [2.24, 2.45) is 0 Å². The first-order valence-corrected chi connectivity index (χ1v) is 9.27. The van der Waals surface area contributed by atoms with Crippen LogP contribution >= 0.6 is 15.9 Å². The molecule has 1 aromatic heterocycles. The molecule has 1 atom stereocenters. The Labute approximate surface area is 161 Å². The molecule has 1 unspecified atom stereocenters. The van der Waals surface area contributed by atoms with E-state index in [1.54, 1.807) is 6.33 Å². The summed E-state index contributed by atoms with van der Waals surface area (Å²) < 4.78 is 0. The minimum Gasteiger partial charge on any atom is -0.340 e. The van der Waals surface area contributed by atoms with Crippen molar-refractivity contribution in [1.82, 2.24) is 9.97 Å². The molecule has 0 aliphatic carbocycles. The fraction of sp³-hybridized carbons (Fsp3) is 0.150. The number of hydrogen-bond acceptors (Lipinski definition) is 4. The number of nitrogens with zero attached hydrogens (tertiary/aromatic N) is 2. The van der Waals surface area contributed by atoms with E-state index in [2.05, 4.69) is 36.5 Å². The minimum atomic E-state index is -0.183. The van der Waals surface area contributed by atoms with Gasteiger partial charge >= 0.3 is 0 Å². The molecule has 0 aliphatic heterocycles. The van der Waals surface area contributed by atoms with E-state index < -0.39 is 0 Å². The van der Waals surface area contributed by atoms with Crippen molar-refractivity contribution in [3.8, 4) is 11.3 Å². The van der Waals surface area contributed by atoms with Gasteiger partial charge in [0, 0.05) is 23.0 Å². The van der Waals surface area contributed by atoms with E-state index in [0.717, 1.165) is 29.1 Å². The van der Waals surface area contributed by atoms with Gasteiger partial charge in [-0.25, -0.2) is 9.97 Å². The van der Waals surface area contributed by atoms with Crippen LogP contribution in [0.25, 0.3) is 11.3 Å². The van der Waals surface area contributed by atoms with Gasteiger partial charge in [-0.1, -0.05) is 53.2 Å². The molecule has 0 spiro atoms. The Hall–Kier alpha value is -2.73. The molecule has 6 heteroatoms. The van der Waals surface area contributed by atoms with Gasteiger partial charge in [-0.05, 0) is 30.7 Å². The fourth-order valence-corrected chi connectivity index (χ4v) is 2.50. The topological polar surface area (TPSA) is 66.9 Å². The molecule has 3 aromatic rings. The predicted molar refractivity (Wildman–Crippen MR) is 109 cm³/mol. The Morgan fingerprint density at radius 3 is 2.42 bits per heavy atom. The maximum absolute atomic E-state index is 11.9. The van der Waals surface area contributed by atoms with Crippen molar-refractivity contribution in [2.45, 2.75) is 18.2 Å². The van der Waals surface area contributed by atoms with Crippen molar-refractivity contribution in [3.05, 3.63) is 67.0 Å². The highest BCUT2D eigenvalue weighted by Gasteiger charge is 2.12. The predicted octanol–water partition coefficient (Wildman–Crippen LogP) is 5.00. The average Bonchev–Trinajstić information content (AvgIpc) is 2.69. The van der Waals surface area contributed by atoms with Gasteiger partial charge in [0.2, 0.25) is 5.91 Å². The van der Waals surface area contributed by atoms with Crippen LogP contribution in [0.3, 0.4) is 0 Å². The number of aromatic nitrogens is 2. The first-order chi connectivity index (χ1) is 12.7. The Balaban J connectivity index is 1.69. The zero-order valence-corrected chi connectivity index (χ0v) is 15.9. The molecule has 0 fully saturated rings. The molecule has 1 amide bonds. The Kier molecular flexibility index (Phi) is 5.96. The maximum Gasteiger partial charge on any atom is 0.238 e. The number of benzene rings is 2. The van der Waals surface area contributed by atoms with Gasteiger partial charge in [-0.15, -0.1) is 0 Å². The third-order valence-corrected chi connectivity index (χ3v) is 4.87. The molecular weight excluding hydrogens is 392 g/mol. The van der Waals surface area contributed by atoms with Gasteiger partial charge < -0.3 is 10.6 Å². The summed E-state index contributed by atoms with van der Waals surface area (Å²) in [6, 6.07) is 19.4. The summed E-state index contributed by atoms with van der Waals surface area (Å²) in [4.78, 5) is 20.3. The molecule has 3 rings (SSSR count). The molecule has 26 heavy (non-hydrogen) atoms. The molecule has 1 heterocycles. The van der Waals surface area contributed by atoms with Gasteiger partial charge in [-0.3, -0.25) is 4.79 Å². The fourth-order valence-electron chi connectivity index (χ4n) is 2.38. The molecule has 2 N–H and O–H groups in total. The number of amides is 1. The minimum absolute atomic E-state index is 0.0449. The molecule has 0 saturated carbocycles. The van der Waals surface area contributed by atoms with Crippen molar-refractivity contribution >= 4 is 39.0 Å². The van der Waals surface area contributed by atoms with Crippen LogP contribution in [0.2, 0.25) is 0 Å². The van der Waals surface area contributed by atoms with Crippen LogP contribution in [0.1, 0.15) is 13.3 Å². The van der Waals surface area contributed by atoms with Crippen LogP contribution in [0.4, 0.5) is 17.2 Å². The van der Waals surface area contributed by atoms with Crippen molar-refractivity contribution in [2.75, 3.05) is 10.6 Å². The average molecular weight is 411 g/mol. The highest BCUT2D eigenvalue weighted by Crippen LogP contribution is 2.22. The van der Waals surface area contributed by atoms with Crippen molar-refractivity contribution < 1.29 is 4.79 Å². The highest BCUT2D eigenvalue weighted by molar-refractivity contribution is 9.10. The van der Waals surface area contributed by atoms with Crippen molar-refractivity contribution in [3.63, 3.8) is 0 Å². The Morgan fingerprint density at radius 1 is 1.04 bits per heavy atom. The number of anilines is 3. The van der Waals surface area contributed by atoms with Crippen LogP contribution in [0.15, 0.2) is 67.0 Å². The van der Waals surface area contributed by atoms with Gasteiger partial charge in [-0.2, -0.15) is 0 Å². The molecule has 0 aliphatic rings. The third kappa shape index (κ3) is 4.67. The SMILES string of the molecule is CCC(Br)C(=O)Nc1ccc(Nc2cc(-c3ccccc3)ncn2)cc1. The number of alkyl halides is 1. The zero-order chi connectivity index (χ0) is 18.4. The maximum atomic E-state index is 11.9. The number of nitrogens with one attached hydrogen (secondary N) is 2. The summed E-state index contributed by atoms with van der Waals surface area (Å²) in [5.41, 5.74) is 3.53. The number of hydrogen-bond donors (Lipinski definition) is 2. The van der Waals surface area contributed by atoms with Gasteiger partial charge in [0.1, 0.15) is 12.1 Å². The Bertz CT molecular complexity index is 868. The quantitative estimate of drug-likeness (QED) is 0.561. The van der Waals surface area contributed by atoms with E-state index >= 15 is 0 Å². The summed E-state index contributed by atoms with van der Waals surface area (Å²) in [6.07, 6.45) is 2.28. The molecule has 0 radical (unpaired) electrons. The van der Waals surface area contributed by atoms with E-state index in [4.69, 9.17) is 0 Å². The largest absolute Gasteiger partial charge is 0.340 e. The standard InChI is InChI=1S/C20H19BrN4O/c1-2-17(21)20(26)25-16-10-8-15(9-11-16)24-19-12-18(22-13-23-19)14-6-4-3-5-7-14/h3-13,17H,2H2,1H3,(H,25,26)(H,22,23,24). The first-order valence-electron chi connectivity index (χ1n) is 8.35. The summed E-state index contributed by atoms with van der Waals surface area (Å²) >= 11 is 3.35. The lowest BCUT2D eigenvalue weighted by atomic mass is 10.1. The molecule has 5 nitrogen and oxygen atoms in total. The van der Waals surface area contributed by atoms with Crippen LogP contribution < -0.4 is 10.6 Å². The smallest absolute Gasteiger partial charge is 0.238 e. The monoisotopic (exact) mass is 410 g/mol. The van der Waals surface area contributed by atoms with E-state index in [1.165, 1.54) is 0 Å². The summed E-state index contributed by atoms with van der Waals surface area (Å²) in [5.74, 6) is 0.665. The number of rotatable bonds is 6. The second-order valence-electron chi connectivity index (χ2n) is 5.72. The molecule has 0 saturated heterocycles. The second-order valence-corrected chi connectivity index (χ2v) is 6.83.